The summed E-state index contributed by atoms with van der Waals surface area (Å²) < 4.78 is 13.6. The topological polar surface area (TPSA) is 29.3 Å². The predicted octanol–water partition coefficient (Wildman–Crippen LogP) is 4.20. The number of anilines is 1. The van der Waals surface area contributed by atoms with Gasteiger partial charge in [-0.1, -0.05) is 35.3 Å². The number of hydrogen-bond acceptors (Lipinski definition) is 2. The molecular weight excluding hydrogens is 310 g/mol. The van der Waals surface area contributed by atoms with Crippen LogP contribution in [0.3, 0.4) is 0 Å². The first-order chi connectivity index (χ1) is 10.1. The van der Waals surface area contributed by atoms with Gasteiger partial charge in [0.05, 0.1) is 6.04 Å². The molecule has 1 unspecified atom stereocenters. The molecule has 0 amide bonds. The minimum Gasteiger partial charge on any atom is -0.362 e. The van der Waals surface area contributed by atoms with E-state index in [9.17, 15) is 4.39 Å². The highest BCUT2D eigenvalue weighted by molar-refractivity contribution is 6.36. The van der Waals surface area contributed by atoms with Gasteiger partial charge in [-0.25, -0.2) is 4.39 Å². The summed E-state index contributed by atoms with van der Waals surface area (Å²) in [4.78, 5) is 2.09. The van der Waals surface area contributed by atoms with Crippen LogP contribution in [-0.2, 0) is 6.42 Å². The zero-order valence-electron chi connectivity index (χ0n) is 11.3. The molecule has 0 spiro atoms. The third-order valence-electron chi connectivity index (χ3n) is 3.91. The Morgan fingerprint density at radius 1 is 1.19 bits per heavy atom. The molecule has 2 N–H and O–H groups in total. The molecule has 2 aromatic rings. The third kappa shape index (κ3) is 2.61. The van der Waals surface area contributed by atoms with Crippen LogP contribution in [-0.4, -0.2) is 13.1 Å². The van der Waals surface area contributed by atoms with Crippen LogP contribution in [0.15, 0.2) is 36.4 Å². The lowest BCUT2D eigenvalue weighted by Gasteiger charge is -2.31. The van der Waals surface area contributed by atoms with E-state index < -0.39 is 0 Å². The summed E-state index contributed by atoms with van der Waals surface area (Å²) in [5, 5.41) is 1.17. The lowest BCUT2D eigenvalue weighted by Crippen LogP contribution is -2.33. The molecule has 0 saturated carbocycles. The Labute approximate surface area is 133 Å². The molecule has 2 aromatic carbocycles. The smallest absolute Gasteiger partial charge is 0.125 e. The molecule has 1 atom stereocenters. The van der Waals surface area contributed by atoms with E-state index in [1.165, 1.54) is 6.07 Å². The summed E-state index contributed by atoms with van der Waals surface area (Å²) in [6.07, 6.45) is 0.869. The van der Waals surface area contributed by atoms with E-state index in [0.717, 1.165) is 29.8 Å². The quantitative estimate of drug-likeness (QED) is 0.917. The average molecular weight is 325 g/mol. The molecule has 3 rings (SSSR count). The fraction of sp³-hybridized carbons (Fsp3) is 0.250. The van der Waals surface area contributed by atoms with Gasteiger partial charge in [-0.2, -0.15) is 0 Å². The Bertz CT molecular complexity index is 655. The molecule has 1 heterocycles. The Kier molecular flexibility index (Phi) is 4.07. The summed E-state index contributed by atoms with van der Waals surface area (Å²) in [7, 11) is 0. The molecule has 0 saturated heterocycles. The van der Waals surface area contributed by atoms with E-state index in [1.54, 1.807) is 24.3 Å². The first kappa shape index (κ1) is 14.6. The van der Waals surface area contributed by atoms with Crippen molar-refractivity contribution in [1.29, 1.82) is 0 Å². The highest BCUT2D eigenvalue weighted by Gasteiger charge is 2.29. The van der Waals surface area contributed by atoms with Crippen molar-refractivity contribution in [3.05, 3.63) is 63.4 Å². The minimum atomic E-state index is -0.248. The fourth-order valence-corrected chi connectivity index (χ4v) is 3.58. The highest BCUT2D eigenvalue weighted by atomic mass is 35.5. The van der Waals surface area contributed by atoms with Gasteiger partial charge in [-0.05, 0) is 36.2 Å². The van der Waals surface area contributed by atoms with Crippen molar-refractivity contribution in [2.24, 2.45) is 5.73 Å². The van der Waals surface area contributed by atoms with Crippen molar-refractivity contribution in [2.75, 3.05) is 18.0 Å². The van der Waals surface area contributed by atoms with Crippen molar-refractivity contribution in [3.8, 4) is 0 Å². The van der Waals surface area contributed by atoms with Crippen LogP contribution >= 0.6 is 23.2 Å². The van der Waals surface area contributed by atoms with E-state index in [-0.39, 0.29) is 11.9 Å². The van der Waals surface area contributed by atoms with Gasteiger partial charge in [0, 0.05) is 34.4 Å². The predicted molar refractivity (Wildman–Crippen MR) is 85.7 cm³/mol. The van der Waals surface area contributed by atoms with Crippen LogP contribution in [0, 0.1) is 5.82 Å². The Morgan fingerprint density at radius 3 is 2.57 bits per heavy atom. The lowest BCUT2D eigenvalue weighted by molar-refractivity contribution is 0.621. The standard InChI is InChI=1S/C16H15Cl2FN2/c17-12-2-1-3-13(18)16(12)15(9-20)21-7-6-10-4-5-11(19)8-14(10)21/h1-5,8,15H,6-7,9,20H2. The van der Waals surface area contributed by atoms with Crippen molar-refractivity contribution < 1.29 is 4.39 Å². The summed E-state index contributed by atoms with van der Waals surface area (Å²) in [5.41, 5.74) is 8.77. The number of hydrogen-bond donors (Lipinski definition) is 1. The Morgan fingerprint density at radius 2 is 1.90 bits per heavy atom. The van der Waals surface area contributed by atoms with Crippen LogP contribution in [0.2, 0.25) is 10.0 Å². The largest absolute Gasteiger partial charge is 0.362 e. The second-order valence-electron chi connectivity index (χ2n) is 5.10. The molecule has 0 aromatic heterocycles. The Hall–Kier alpha value is -1.29. The zero-order valence-corrected chi connectivity index (χ0v) is 12.8. The molecule has 1 aliphatic rings. The van der Waals surface area contributed by atoms with Gasteiger partial charge in [-0.3, -0.25) is 0 Å². The maximum absolute atomic E-state index is 13.6. The van der Waals surface area contributed by atoms with Crippen molar-refractivity contribution in [2.45, 2.75) is 12.5 Å². The van der Waals surface area contributed by atoms with Gasteiger partial charge < -0.3 is 10.6 Å². The molecule has 0 radical (unpaired) electrons. The molecule has 2 nitrogen and oxygen atoms in total. The maximum atomic E-state index is 13.6. The van der Waals surface area contributed by atoms with Gasteiger partial charge in [0.15, 0.2) is 0 Å². The van der Waals surface area contributed by atoms with E-state index >= 15 is 0 Å². The van der Waals surface area contributed by atoms with Gasteiger partial charge in [0.2, 0.25) is 0 Å². The minimum absolute atomic E-state index is 0.158. The maximum Gasteiger partial charge on any atom is 0.125 e. The van der Waals surface area contributed by atoms with Gasteiger partial charge >= 0.3 is 0 Å². The summed E-state index contributed by atoms with van der Waals surface area (Å²) >= 11 is 12.6. The average Bonchev–Trinajstić information content (AvgIpc) is 2.86. The lowest BCUT2D eigenvalue weighted by atomic mass is 10.0. The highest BCUT2D eigenvalue weighted by Crippen LogP contribution is 2.39. The summed E-state index contributed by atoms with van der Waals surface area (Å²) in [6.45, 7) is 1.14. The summed E-state index contributed by atoms with van der Waals surface area (Å²) in [5.74, 6) is -0.248. The van der Waals surface area contributed by atoms with Crippen molar-refractivity contribution >= 4 is 28.9 Å². The molecule has 110 valence electrons. The van der Waals surface area contributed by atoms with E-state index in [0.29, 0.717) is 16.6 Å². The molecule has 0 aliphatic carbocycles. The number of benzene rings is 2. The molecule has 5 heteroatoms. The van der Waals surface area contributed by atoms with Crippen LogP contribution in [0.4, 0.5) is 10.1 Å². The van der Waals surface area contributed by atoms with E-state index in [2.05, 4.69) is 4.90 Å². The third-order valence-corrected chi connectivity index (χ3v) is 4.57. The second-order valence-corrected chi connectivity index (χ2v) is 5.92. The van der Waals surface area contributed by atoms with E-state index in [1.807, 2.05) is 6.07 Å². The Balaban J connectivity index is 2.05. The number of nitrogens with two attached hydrogens (primary N) is 1. The molecule has 0 fully saturated rings. The number of halogens is 3. The number of fused-ring (bicyclic) bond motifs is 1. The van der Waals surface area contributed by atoms with Crippen LogP contribution < -0.4 is 10.6 Å². The van der Waals surface area contributed by atoms with Crippen LogP contribution in [0.1, 0.15) is 17.2 Å². The molecule has 1 aliphatic heterocycles. The molecule has 21 heavy (non-hydrogen) atoms. The van der Waals surface area contributed by atoms with Crippen molar-refractivity contribution in [3.63, 3.8) is 0 Å². The van der Waals surface area contributed by atoms with Gasteiger partial charge in [-0.15, -0.1) is 0 Å². The van der Waals surface area contributed by atoms with E-state index in [4.69, 9.17) is 28.9 Å². The SMILES string of the molecule is NCC(c1c(Cl)cccc1Cl)N1CCc2ccc(F)cc21. The monoisotopic (exact) mass is 324 g/mol. The molecule has 0 bridgehead atoms. The first-order valence-electron chi connectivity index (χ1n) is 6.81. The summed E-state index contributed by atoms with van der Waals surface area (Å²) in [6, 6.07) is 10.1. The van der Waals surface area contributed by atoms with Crippen molar-refractivity contribution in [1.82, 2.24) is 0 Å². The van der Waals surface area contributed by atoms with Gasteiger partial charge in [0.1, 0.15) is 5.82 Å². The normalized spacial score (nSPS) is 15.1. The number of rotatable bonds is 3. The van der Waals surface area contributed by atoms with Crippen LogP contribution in [0.25, 0.3) is 0 Å². The second kappa shape index (κ2) is 5.84. The first-order valence-corrected chi connectivity index (χ1v) is 7.56. The fourth-order valence-electron chi connectivity index (χ4n) is 2.93. The van der Waals surface area contributed by atoms with Crippen LogP contribution in [0.5, 0.6) is 0 Å². The number of nitrogens with zero attached hydrogens (tertiary/aromatic N) is 1. The van der Waals surface area contributed by atoms with Gasteiger partial charge in [0.25, 0.3) is 0 Å². The zero-order chi connectivity index (χ0) is 15.0. The molecular formula is C16H15Cl2FN2.